The molecule has 0 unspecified atom stereocenters. The fraction of sp³-hybridized carbons (Fsp3) is 0.400. The van der Waals surface area contributed by atoms with Crippen molar-refractivity contribution in [1.82, 2.24) is 0 Å². The summed E-state index contributed by atoms with van der Waals surface area (Å²) in [4.78, 5) is 0. The van der Waals surface area contributed by atoms with E-state index < -0.39 is 21.1 Å². The number of hydrogen-bond donors (Lipinski definition) is 0. The molecule has 0 amide bonds. The van der Waals surface area contributed by atoms with Crippen molar-refractivity contribution in [1.29, 1.82) is 0 Å². The fourth-order valence-corrected chi connectivity index (χ4v) is 1.13. The van der Waals surface area contributed by atoms with Crippen LogP contribution in [0, 0.1) is 0 Å². The Balaban J connectivity index is 0.000000385. The van der Waals surface area contributed by atoms with E-state index in [0.29, 0.717) is 0 Å². The monoisotopic (exact) mass is 360 g/mol. The van der Waals surface area contributed by atoms with Gasteiger partial charge in [0.25, 0.3) is 0 Å². The molecule has 4 nitrogen and oxygen atoms in total. The van der Waals surface area contributed by atoms with Crippen molar-refractivity contribution in [3.63, 3.8) is 0 Å². The van der Waals surface area contributed by atoms with Crippen LogP contribution < -0.4 is 27.9 Å². The largest absolute Gasteiger partial charge is 0.530 e. The SMILES string of the molecule is C[N+](C)(C)Cc1ccccc1.[O-][I+2]([O-])OCl. The van der Waals surface area contributed by atoms with Gasteiger partial charge in [0.2, 0.25) is 0 Å². The zero-order chi connectivity index (χ0) is 12.6. The lowest BCUT2D eigenvalue weighted by atomic mass is 10.2. The average Bonchev–Trinajstić information content (AvgIpc) is 2.17. The van der Waals surface area contributed by atoms with Crippen LogP contribution in [0.15, 0.2) is 30.3 Å². The highest BCUT2D eigenvalue weighted by Gasteiger charge is 2.06. The van der Waals surface area contributed by atoms with Gasteiger partial charge < -0.3 is 11.4 Å². The molecule has 1 aromatic rings. The fourth-order valence-electron chi connectivity index (χ4n) is 1.13. The van der Waals surface area contributed by atoms with Crippen molar-refractivity contribution in [3.05, 3.63) is 35.9 Å². The van der Waals surface area contributed by atoms with Crippen molar-refractivity contribution in [3.8, 4) is 0 Å². The van der Waals surface area contributed by atoms with E-state index in [2.05, 4.69) is 66.0 Å². The van der Waals surface area contributed by atoms with Crippen LogP contribution in [-0.4, -0.2) is 25.6 Å². The molecular weight excluding hydrogens is 344 g/mol. The molecular formula is C10H16ClINO3+. The van der Waals surface area contributed by atoms with Crippen molar-refractivity contribution in [2.45, 2.75) is 6.54 Å². The van der Waals surface area contributed by atoms with E-state index in [9.17, 15) is 0 Å². The quantitative estimate of drug-likeness (QED) is 0.430. The number of nitrogens with zero attached hydrogens (tertiary/aromatic N) is 1. The van der Waals surface area contributed by atoms with Gasteiger partial charge in [-0.25, -0.2) is 0 Å². The molecule has 16 heavy (non-hydrogen) atoms. The van der Waals surface area contributed by atoms with Gasteiger partial charge in [0.05, 0.1) is 23.8 Å². The molecule has 0 aromatic heterocycles. The lowest BCUT2D eigenvalue weighted by molar-refractivity contribution is -1.62. The predicted octanol–water partition coefficient (Wildman–Crippen LogP) is -2.86. The van der Waals surface area contributed by atoms with Crippen molar-refractivity contribution >= 4 is 11.9 Å². The minimum absolute atomic E-state index is 0.990. The molecule has 1 aromatic carbocycles. The number of hydrogen-bond acceptors (Lipinski definition) is 3. The van der Waals surface area contributed by atoms with Crippen molar-refractivity contribution in [2.75, 3.05) is 21.1 Å². The van der Waals surface area contributed by atoms with Gasteiger partial charge in [-0.1, -0.05) is 30.3 Å². The second-order valence-corrected chi connectivity index (χ2v) is 6.38. The first kappa shape index (κ1) is 16.1. The van der Waals surface area contributed by atoms with Gasteiger partial charge in [0.15, 0.2) is 11.9 Å². The lowest BCUT2D eigenvalue weighted by Crippen LogP contribution is -3.98. The topological polar surface area (TPSA) is 55.3 Å². The number of benzene rings is 1. The van der Waals surface area contributed by atoms with Crippen LogP contribution in [0.2, 0.25) is 0 Å². The van der Waals surface area contributed by atoms with Crippen molar-refractivity contribution in [2.24, 2.45) is 0 Å². The van der Waals surface area contributed by atoms with Crippen LogP contribution in [-0.2, 0) is 9.16 Å². The van der Waals surface area contributed by atoms with E-state index in [0.717, 1.165) is 11.0 Å². The Labute approximate surface area is 110 Å². The Morgan fingerprint density at radius 3 is 1.94 bits per heavy atom. The molecule has 0 radical (unpaired) electrons. The number of halogens is 2. The maximum atomic E-state index is 9.14. The minimum atomic E-state index is -3.52. The van der Waals surface area contributed by atoms with E-state index in [-0.39, 0.29) is 0 Å². The molecule has 0 saturated carbocycles. The molecule has 0 N–H and O–H groups in total. The van der Waals surface area contributed by atoms with Gasteiger partial charge in [-0.2, -0.15) is 0 Å². The Morgan fingerprint density at radius 1 is 1.19 bits per heavy atom. The third-order valence-corrected chi connectivity index (χ3v) is 2.46. The molecule has 0 fully saturated rings. The predicted molar refractivity (Wildman–Crippen MR) is 55.1 cm³/mol. The summed E-state index contributed by atoms with van der Waals surface area (Å²) < 4.78 is 22.5. The van der Waals surface area contributed by atoms with E-state index in [1.807, 2.05) is 0 Å². The molecule has 0 aliphatic rings. The first-order valence-electron chi connectivity index (χ1n) is 4.54. The summed E-state index contributed by atoms with van der Waals surface area (Å²) in [6.45, 7) is 1.10. The summed E-state index contributed by atoms with van der Waals surface area (Å²) in [7, 11) is 6.60. The third-order valence-electron chi connectivity index (χ3n) is 1.55. The highest BCUT2D eigenvalue weighted by molar-refractivity contribution is 6.06. The first-order chi connectivity index (χ1) is 7.35. The zero-order valence-electron chi connectivity index (χ0n) is 9.52. The van der Waals surface area contributed by atoms with Gasteiger partial charge in [-0.3, -0.25) is 0 Å². The van der Waals surface area contributed by atoms with Gasteiger partial charge in [0.1, 0.15) is 6.54 Å². The summed E-state index contributed by atoms with van der Waals surface area (Å²) in [6, 6.07) is 10.6. The van der Waals surface area contributed by atoms with E-state index >= 15 is 0 Å². The van der Waals surface area contributed by atoms with Crippen LogP contribution in [0.3, 0.4) is 0 Å². The molecule has 1 rings (SSSR count). The summed E-state index contributed by atoms with van der Waals surface area (Å²) >= 11 is 0.764. The molecule has 0 aliphatic carbocycles. The molecule has 0 aliphatic heterocycles. The highest BCUT2D eigenvalue weighted by Crippen LogP contribution is 2.05. The average molecular weight is 361 g/mol. The van der Waals surface area contributed by atoms with Crippen LogP contribution in [0.1, 0.15) is 5.56 Å². The summed E-state index contributed by atoms with van der Waals surface area (Å²) in [5, 5.41) is 0. The van der Waals surface area contributed by atoms with E-state index in [1.54, 1.807) is 0 Å². The second-order valence-electron chi connectivity index (χ2n) is 4.18. The molecule has 0 spiro atoms. The van der Waals surface area contributed by atoms with Crippen molar-refractivity contribution < 1.29 is 35.0 Å². The van der Waals surface area contributed by atoms with Crippen LogP contribution in [0.25, 0.3) is 0 Å². The highest BCUT2D eigenvalue weighted by atomic mass is 127. The standard InChI is InChI=1S/C10H16N.ClIO3/c1-11(2,3)9-10-7-5-4-6-8-10;1-5-2(3)4/h4-8H,9H2,1-3H3;/q+1;. The second kappa shape index (κ2) is 8.21. The van der Waals surface area contributed by atoms with Gasteiger partial charge in [0, 0.05) is 5.56 Å². The maximum absolute atomic E-state index is 9.14. The van der Waals surface area contributed by atoms with Crippen LogP contribution in [0.4, 0.5) is 0 Å². The maximum Gasteiger partial charge on any atom is 0.530 e. The number of quaternary nitrogens is 1. The molecule has 0 bridgehead atoms. The Morgan fingerprint density at radius 2 is 1.62 bits per heavy atom. The lowest BCUT2D eigenvalue weighted by Gasteiger charge is -2.23. The Kier molecular flexibility index (Phi) is 8.25. The Hall–Kier alpha value is 0.0800. The third kappa shape index (κ3) is 10.6. The van der Waals surface area contributed by atoms with Gasteiger partial charge in [-0.05, 0) is 0 Å². The molecule has 0 saturated heterocycles. The van der Waals surface area contributed by atoms with Crippen LogP contribution in [0.5, 0.6) is 0 Å². The van der Waals surface area contributed by atoms with Gasteiger partial charge >= 0.3 is 21.1 Å². The molecule has 0 heterocycles. The minimum Gasteiger partial charge on any atom is -0.395 e. The summed E-state index contributed by atoms with van der Waals surface area (Å²) in [5.74, 6) is 0. The zero-order valence-corrected chi connectivity index (χ0v) is 12.4. The molecule has 0 atom stereocenters. The first-order valence-corrected chi connectivity index (χ1v) is 7.49. The van der Waals surface area contributed by atoms with Gasteiger partial charge in [-0.15, -0.1) is 0 Å². The summed E-state index contributed by atoms with van der Waals surface area (Å²) in [5.41, 5.74) is 1.40. The molecule has 92 valence electrons. The smallest absolute Gasteiger partial charge is 0.395 e. The molecule has 6 heteroatoms. The Bertz CT molecular complexity index is 277. The van der Waals surface area contributed by atoms with Crippen LogP contribution >= 0.6 is 11.9 Å². The van der Waals surface area contributed by atoms with E-state index in [4.69, 9.17) is 6.87 Å². The number of rotatable bonds is 3. The summed E-state index contributed by atoms with van der Waals surface area (Å²) in [6.07, 6.45) is 0. The normalized spacial score (nSPS) is 10.9. The van der Waals surface area contributed by atoms with E-state index in [1.165, 1.54) is 5.56 Å².